The lowest BCUT2D eigenvalue weighted by atomic mass is 10.1. The first kappa shape index (κ1) is 16.3. The maximum atomic E-state index is 11.8. The number of amides is 1. The van der Waals surface area contributed by atoms with Crippen LogP contribution in [0.3, 0.4) is 0 Å². The van der Waals surface area contributed by atoms with Crippen molar-refractivity contribution in [2.75, 3.05) is 6.54 Å². The molecule has 0 aromatic heterocycles. The first-order valence-electron chi connectivity index (χ1n) is 7.08. The molecule has 1 aromatic carbocycles. The molecule has 0 bridgehead atoms. The summed E-state index contributed by atoms with van der Waals surface area (Å²) in [5.74, 6) is -0.563. The Morgan fingerprint density at radius 3 is 2.65 bits per heavy atom. The molecule has 0 aliphatic carbocycles. The van der Waals surface area contributed by atoms with Gasteiger partial charge in [0.25, 0.3) is 0 Å². The highest BCUT2D eigenvalue weighted by atomic mass is 16.3. The lowest BCUT2D eigenvalue weighted by Gasteiger charge is -2.12. The standard InChI is InChI=1S/C15H24N2O3/c1-2-3-4-5-8-17-15(20)12(16)9-11-6-7-13(18)14(19)10-11/h6-7,10,12,18-19H,2-5,8-9,16H2,1H3,(H,17,20)/t12-/m0/s1. The molecule has 1 atom stereocenters. The fraction of sp³-hybridized carbons (Fsp3) is 0.533. The van der Waals surface area contributed by atoms with Crippen molar-refractivity contribution in [2.24, 2.45) is 5.73 Å². The average molecular weight is 280 g/mol. The minimum atomic E-state index is -0.648. The lowest BCUT2D eigenvalue weighted by Crippen LogP contribution is -2.42. The molecule has 1 amide bonds. The van der Waals surface area contributed by atoms with E-state index in [1.54, 1.807) is 6.07 Å². The van der Waals surface area contributed by atoms with Gasteiger partial charge in [-0.3, -0.25) is 4.79 Å². The summed E-state index contributed by atoms with van der Waals surface area (Å²) in [4.78, 5) is 11.8. The molecular weight excluding hydrogens is 256 g/mol. The molecule has 0 saturated carbocycles. The molecule has 112 valence electrons. The van der Waals surface area contributed by atoms with E-state index >= 15 is 0 Å². The summed E-state index contributed by atoms with van der Waals surface area (Å²) in [7, 11) is 0. The van der Waals surface area contributed by atoms with E-state index in [4.69, 9.17) is 5.73 Å². The van der Waals surface area contributed by atoms with Crippen LogP contribution >= 0.6 is 0 Å². The zero-order valence-corrected chi connectivity index (χ0v) is 11.9. The molecule has 0 aliphatic rings. The van der Waals surface area contributed by atoms with Crippen molar-refractivity contribution in [3.8, 4) is 11.5 Å². The molecule has 5 heteroatoms. The van der Waals surface area contributed by atoms with Crippen LogP contribution in [0.4, 0.5) is 0 Å². The molecule has 0 saturated heterocycles. The van der Waals surface area contributed by atoms with Crippen molar-refractivity contribution in [3.05, 3.63) is 23.8 Å². The smallest absolute Gasteiger partial charge is 0.237 e. The second kappa shape index (κ2) is 8.43. The zero-order valence-electron chi connectivity index (χ0n) is 11.9. The number of nitrogens with one attached hydrogen (secondary N) is 1. The van der Waals surface area contributed by atoms with Gasteiger partial charge < -0.3 is 21.3 Å². The molecule has 0 aliphatic heterocycles. The third-order valence-corrected chi connectivity index (χ3v) is 3.16. The molecule has 0 spiro atoms. The first-order chi connectivity index (χ1) is 9.54. The fourth-order valence-corrected chi connectivity index (χ4v) is 1.94. The Morgan fingerprint density at radius 2 is 2.00 bits per heavy atom. The van der Waals surface area contributed by atoms with Crippen LogP contribution in [0, 0.1) is 0 Å². The van der Waals surface area contributed by atoms with Gasteiger partial charge in [-0.25, -0.2) is 0 Å². The van der Waals surface area contributed by atoms with E-state index in [0.717, 1.165) is 19.3 Å². The van der Waals surface area contributed by atoms with E-state index in [0.29, 0.717) is 18.5 Å². The lowest BCUT2D eigenvalue weighted by molar-refractivity contribution is -0.122. The van der Waals surface area contributed by atoms with Gasteiger partial charge in [0.15, 0.2) is 11.5 Å². The summed E-state index contributed by atoms with van der Waals surface area (Å²) in [5, 5.41) is 21.4. The molecule has 20 heavy (non-hydrogen) atoms. The molecule has 0 radical (unpaired) electrons. The monoisotopic (exact) mass is 280 g/mol. The van der Waals surface area contributed by atoms with Gasteiger partial charge >= 0.3 is 0 Å². The van der Waals surface area contributed by atoms with Gasteiger partial charge in [-0.1, -0.05) is 32.3 Å². The largest absolute Gasteiger partial charge is 0.504 e. The van der Waals surface area contributed by atoms with Crippen LogP contribution < -0.4 is 11.1 Å². The second-order valence-corrected chi connectivity index (χ2v) is 4.99. The minimum Gasteiger partial charge on any atom is -0.504 e. The van der Waals surface area contributed by atoms with Gasteiger partial charge in [-0.05, 0) is 30.5 Å². The SMILES string of the molecule is CCCCCCNC(=O)[C@@H](N)Cc1ccc(O)c(O)c1. The molecular formula is C15H24N2O3. The highest BCUT2D eigenvalue weighted by Crippen LogP contribution is 2.25. The molecule has 5 N–H and O–H groups in total. The number of hydrogen-bond donors (Lipinski definition) is 4. The molecule has 0 fully saturated rings. The predicted molar refractivity (Wildman–Crippen MR) is 78.6 cm³/mol. The van der Waals surface area contributed by atoms with E-state index < -0.39 is 6.04 Å². The van der Waals surface area contributed by atoms with E-state index in [9.17, 15) is 15.0 Å². The quantitative estimate of drug-likeness (QED) is 0.430. The Hall–Kier alpha value is -1.75. The zero-order chi connectivity index (χ0) is 15.0. The Balaban J connectivity index is 2.35. The van der Waals surface area contributed by atoms with Gasteiger partial charge in [0.2, 0.25) is 5.91 Å². The Labute approximate surface area is 119 Å². The molecule has 0 heterocycles. The van der Waals surface area contributed by atoms with Gasteiger partial charge in [-0.15, -0.1) is 0 Å². The average Bonchev–Trinajstić information content (AvgIpc) is 2.42. The highest BCUT2D eigenvalue weighted by molar-refractivity contribution is 5.81. The number of aromatic hydroxyl groups is 2. The van der Waals surface area contributed by atoms with E-state index in [1.165, 1.54) is 18.6 Å². The van der Waals surface area contributed by atoms with Crippen LogP contribution in [0.15, 0.2) is 18.2 Å². The van der Waals surface area contributed by atoms with Crippen LogP contribution in [0.5, 0.6) is 11.5 Å². The van der Waals surface area contributed by atoms with Crippen LogP contribution in [-0.2, 0) is 11.2 Å². The normalized spacial score (nSPS) is 12.1. The van der Waals surface area contributed by atoms with Crippen molar-refractivity contribution in [3.63, 3.8) is 0 Å². The minimum absolute atomic E-state index is 0.178. The number of benzene rings is 1. The fourth-order valence-electron chi connectivity index (χ4n) is 1.94. The maximum Gasteiger partial charge on any atom is 0.237 e. The third-order valence-electron chi connectivity index (χ3n) is 3.16. The van der Waals surface area contributed by atoms with E-state index in [-0.39, 0.29) is 17.4 Å². The predicted octanol–water partition coefficient (Wildman–Crippen LogP) is 1.66. The van der Waals surface area contributed by atoms with Crippen molar-refractivity contribution in [1.82, 2.24) is 5.32 Å². The van der Waals surface area contributed by atoms with Gasteiger partial charge in [0, 0.05) is 6.54 Å². The van der Waals surface area contributed by atoms with Crippen molar-refractivity contribution in [1.29, 1.82) is 0 Å². The van der Waals surface area contributed by atoms with Crippen LogP contribution in [0.25, 0.3) is 0 Å². The number of phenolic OH excluding ortho intramolecular Hbond substituents is 2. The van der Waals surface area contributed by atoms with Gasteiger partial charge in [0.1, 0.15) is 0 Å². The number of nitrogens with two attached hydrogens (primary N) is 1. The summed E-state index contributed by atoms with van der Waals surface area (Å²) in [6, 6.07) is 3.80. The van der Waals surface area contributed by atoms with Crippen LogP contribution in [0.2, 0.25) is 0 Å². The highest BCUT2D eigenvalue weighted by Gasteiger charge is 2.14. The topological polar surface area (TPSA) is 95.6 Å². The van der Waals surface area contributed by atoms with E-state index in [1.807, 2.05) is 0 Å². The number of hydrogen-bond acceptors (Lipinski definition) is 4. The summed E-state index contributed by atoms with van der Waals surface area (Å²) in [6.45, 7) is 2.79. The van der Waals surface area contributed by atoms with Crippen molar-refractivity contribution >= 4 is 5.91 Å². The second-order valence-electron chi connectivity index (χ2n) is 4.99. The first-order valence-corrected chi connectivity index (χ1v) is 7.08. The molecule has 1 rings (SSSR count). The van der Waals surface area contributed by atoms with Crippen molar-refractivity contribution in [2.45, 2.75) is 45.1 Å². The molecule has 5 nitrogen and oxygen atoms in total. The summed E-state index contributed by atoms with van der Waals surface area (Å²) < 4.78 is 0. The van der Waals surface area contributed by atoms with Gasteiger partial charge in [-0.2, -0.15) is 0 Å². The summed E-state index contributed by atoms with van der Waals surface area (Å²) in [6.07, 6.45) is 4.74. The summed E-state index contributed by atoms with van der Waals surface area (Å²) in [5.41, 5.74) is 6.54. The number of carbonyl (C=O) groups is 1. The third kappa shape index (κ3) is 5.48. The maximum absolute atomic E-state index is 11.8. The molecule has 1 aromatic rings. The summed E-state index contributed by atoms with van der Waals surface area (Å²) >= 11 is 0. The number of rotatable bonds is 8. The van der Waals surface area contributed by atoms with E-state index in [2.05, 4.69) is 12.2 Å². The van der Waals surface area contributed by atoms with Crippen LogP contribution in [0.1, 0.15) is 38.2 Å². The van der Waals surface area contributed by atoms with Gasteiger partial charge in [0.05, 0.1) is 6.04 Å². The number of carbonyl (C=O) groups excluding carboxylic acids is 1. The Bertz CT molecular complexity index is 435. The number of phenols is 2. The van der Waals surface area contributed by atoms with Crippen molar-refractivity contribution < 1.29 is 15.0 Å². The number of unbranched alkanes of at least 4 members (excludes halogenated alkanes) is 3. The van der Waals surface area contributed by atoms with Crippen LogP contribution in [-0.4, -0.2) is 28.7 Å². The Morgan fingerprint density at radius 1 is 1.25 bits per heavy atom. The Kier molecular flexibility index (Phi) is 6.87. The molecule has 0 unspecified atom stereocenters.